The molecule has 0 saturated heterocycles. The largest absolute Gasteiger partial charge is 0.396 e. The van der Waals surface area contributed by atoms with Crippen molar-refractivity contribution in [3.63, 3.8) is 0 Å². The maximum absolute atomic E-state index is 9.41. The molecule has 1 atom stereocenters. The quantitative estimate of drug-likeness (QED) is 0.859. The van der Waals surface area contributed by atoms with Crippen LogP contribution in [0, 0.1) is 23.7 Å². The third-order valence-electron chi connectivity index (χ3n) is 4.83. The summed E-state index contributed by atoms with van der Waals surface area (Å²) >= 11 is 0. The molecular formula is C18H22N4O. The molecule has 1 fully saturated rings. The first-order chi connectivity index (χ1) is 11.1. The molecule has 1 saturated carbocycles. The summed E-state index contributed by atoms with van der Waals surface area (Å²) in [6, 6.07) is 9.73. The van der Waals surface area contributed by atoms with E-state index in [4.69, 9.17) is 5.26 Å². The zero-order valence-electron chi connectivity index (χ0n) is 13.6. The fourth-order valence-corrected chi connectivity index (χ4v) is 2.83. The topological polar surface area (TPSA) is 73.9 Å². The number of hydrogen-bond donors (Lipinski definition) is 2. The highest BCUT2D eigenvalue weighted by Gasteiger charge is 2.41. The molecule has 1 aliphatic carbocycles. The SMILES string of the molecule is Cc1c(C(C)NCC2(CO)CC2)cnn1-c1ccc(C#N)cc1. The van der Waals surface area contributed by atoms with Gasteiger partial charge in [0.1, 0.15) is 0 Å². The van der Waals surface area contributed by atoms with E-state index in [1.165, 1.54) is 0 Å². The molecule has 0 spiro atoms. The first kappa shape index (κ1) is 15.7. The molecule has 0 radical (unpaired) electrons. The number of benzene rings is 1. The molecule has 2 aromatic rings. The molecule has 5 heteroatoms. The van der Waals surface area contributed by atoms with Crippen LogP contribution in [0.1, 0.15) is 42.6 Å². The van der Waals surface area contributed by atoms with Crippen molar-refractivity contribution in [3.05, 3.63) is 47.3 Å². The maximum atomic E-state index is 9.41. The minimum atomic E-state index is 0.102. The fourth-order valence-electron chi connectivity index (χ4n) is 2.83. The van der Waals surface area contributed by atoms with Gasteiger partial charge < -0.3 is 10.4 Å². The van der Waals surface area contributed by atoms with Gasteiger partial charge in [-0.15, -0.1) is 0 Å². The summed E-state index contributed by atoms with van der Waals surface area (Å²) in [6.07, 6.45) is 4.10. The fraction of sp³-hybridized carbons (Fsp3) is 0.444. The van der Waals surface area contributed by atoms with Gasteiger partial charge in [-0.25, -0.2) is 4.68 Å². The number of aliphatic hydroxyl groups excluding tert-OH is 1. The van der Waals surface area contributed by atoms with Crippen molar-refractivity contribution in [2.45, 2.75) is 32.7 Å². The highest BCUT2D eigenvalue weighted by molar-refractivity contribution is 5.41. The Labute approximate surface area is 136 Å². The van der Waals surface area contributed by atoms with E-state index in [1.807, 2.05) is 23.0 Å². The second-order valence-corrected chi connectivity index (χ2v) is 6.52. The van der Waals surface area contributed by atoms with Gasteiger partial charge in [0.25, 0.3) is 0 Å². The minimum absolute atomic E-state index is 0.102. The minimum Gasteiger partial charge on any atom is -0.396 e. The Balaban J connectivity index is 1.74. The first-order valence-electron chi connectivity index (χ1n) is 7.98. The molecule has 120 valence electrons. The van der Waals surface area contributed by atoms with E-state index in [-0.39, 0.29) is 18.1 Å². The monoisotopic (exact) mass is 310 g/mol. The highest BCUT2D eigenvalue weighted by Crippen LogP contribution is 2.44. The van der Waals surface area contributed by atoms with Crippen molar-refractivity contribution >= 4 is 0 Å². The van der Waals surface area contributed by atoms with Crippen molar-refractivity contribution in [1.82, 2.24) is 15.1 Å². The van der Waals surface area contributed by atoms with Crippen molar-refractivity contribution in [2.75, 3.05) is 13.2 Å². The zero-order chi connectivity index (χ0) is 16.4. The number of aromatic nitrogens is 2. The van der Waals surface area contributed by atoms with Crippen LogP contribution in [-0.4, -0.2) is 28.0 Å². The summed E-state index contributed by atoms with van der Waals surface area (Å²) in [5.41, 5.74) is 3.94. The van der Waals surface area contributed by atoms with Crippen LogP contribution in [0.3, 0.4) is 0 Å². The average Bonchev–Trinajstić information content (AvgIpc) is 3.28. The van der Waals surface area contributed by atoms with Crippen LogP contribution >= 0.6 is 0 Å². The normalized spacial score (nSPS) is 16.8. The van der Waals surface area contributed by atoms with E-state index in [9.17, 15) is 5.11 Å². The summed E-state index contributed by atoms with van der Waals surface area (Å²) in [5, 5.41) is 26.3. The van der Waals surface area contributed by atoms with Crippen molar-refractivity contribution in [1.29, 1.82) is 5.26 Å². The molecule has 1 aliphatic rings. The van der Waals surface area contributed by atoms with E-state index >= 15 is 0 Å². The smallest absolute Gasteiger partial charge is 0.0991 e. The molecule has 2 N–H and O–H groups in total. The predicted octanol–water partition coefficient (Wildman–Crippen LogP) is 2.48. The predicted molar refractivity (Wildman–Crippen MR) is 88.2 cm³/mol. The molecule has 5 nitrogen and oxygen atoms in total. The molecule has 1 unspecified atom stereocenters. The third-order valence-corrected chi connectivity index (χ3v) is 4.83. The van der Waals surface area contributed by atoms with Gasteiger partial charge >= 0.3 is 0 Å². The maximum Gasteiger partial charge on any atom is 0.0991 e. The Bertz CT molecular complexity index is 722. The van der Waals surface area contributed by atoms with Crippen molar-refractivity contribution in [2.24, 2.45) is 5.41 Å². The number of nitrogens with zero attached hydrogens (tertiary/aromatic N) is 3. The Morgan fingerprint density at radius 1 is 1.39 bits per heavy atom. The second kappa shape index (κ2) is 6.15. The van der Waals surface area contributed by atoms with Crippen LogP contribution in [0.25, 0.3) is 5.69 Å². The molecule has 1 aromatic heterocycles. The lowest BCUT2D eigenvalue weighted by Gasteiger charge is -2.18. The standard InChI is InChI=1S/C18H22N4O/c1-13(20-11-18(12-23)7-8-18)17-10-21-22(14(17)2)16-5-3-15(9-19)4-6-16/h3-6,10,13,20,23H,7-8,11-12H2,1-2H3. The summed E-state index contributed by atoms with van der Waals surface area (Å²) in [6.45, 7) is 5.28. The molecule has 0 aliphatic heterocycles. The second-order valence-electron chi connectivity index (χ2n) is 6.52. The van der Waals surface area contributed by atoms with Gasteiger partial charge in [-0.1, -0.05) is 0 Å². The van der Waals surface area contributed by atoms with E-state index in [1.54, 1.807) is 12.1 Å². The van der Waals surface area contributed by atoms with E-state index in [2.05, 4.69) is 30.3 Å². The van der Waals surface area contributed by atoms with Gasteiger partial charge in [-0.05, 0) is 51.0 Å². The Morgan fingerprint density at radius 2 is 2.09 bits per heavy atom. The van der Waals surface area contributed by atoms with E-state index in [0.29, 0.717) is 5.56 Å². The van der Waals surface area contributed by atoms with Gasteiger partial charge in [0.05, 0.1) is 23.5 Å². The third kappa shape index (κ3) is 3.14. The van der Waals surface area contributed by atoms with Crippen LogP contribution in [0.15, 0.2) is 30.5 Å². The van der Waals surface area contributed by atoms with E-state index < -0.39 is 0 Å². The number of hydrogen-bond acceptors (Lipinski definition) is 4. The van der Waals surface area contributed by atoms with Crippen LogP contribution in [-0.2, 0) is 0 Å². The van der Waals surface area contributed by atoms with E-state index in [0.717, 1.165) is 36.3 Å². The number of aliphatic hydroxyl groups is 1. The van der Waals surface area contributed by atoms with Gasteiger partial charge in [-0.3, -0.25) is 0 Å². The molecule has 0 bridgehead atoms. The molecule has 23 heavy (non-hydrogen) atoms. The molecule has 1 aromatic carbocycles. The van der Waals surface area contributed by atoms with Crippen molar-refractivity contribution < 1.29 is 5.11 Å². The molecule has 3 rings (SSSR count). The number of nitriles is 1. The molecular weight excluding hydrogens is 288 g/mol. The van der Waals surface area contributed by atoms with Gasteiger partial charge in [-0.2, -0.15) is 10.4 Å². The lowest BCUT2D eigenvalue weighted by Crippen LogP contribution is -2.29. The summed E-state index contributed by atoms with van der Waals surface area (Å²) in [7, 11) is 0. The molecule has 1 heterocycles. The van der Waals surface area contributed by atoms with Crippen LogP contribution in [0.4, 0.5) is 0 Å². The van der Waals surface area contributed by atoms with Crippen LogP contribution < -0.4 is 5.32 Å². The lowest BCUT2D eigenvalue weighted by molar-refractivity contribution is 0.204. The first-order valence-corrected chi connectivity index (χ1v) is 7.98. The van der Waals surface area contributed by atoms with Gasteiger partial charge in [0, 0.05) is 35.9 Å². The Kier molecular flexibility index (Phi) is 4.20. The highest BCUT2D eigenvalue weighted by atomic mass is 16.3. The van der Waals surface area contributed by atoms with Crippen LogP contribution in [0.5, 0.6) is 0 Å². The zero-order valence-corrected chi connectivity index (χ0v) is 13.6. The molecule has 0 amide bonds. The number of rotatable bonds is 6. The Hall–Kier alpha value is -2.16. The van der Waals surface area contributed by atoms with Crippen molar-refractivity contribution in [3.8, 4) is 11.8 Å². The Morgan fingerprint density at radius 3 is 2.65 bits per heavy atom. The summed E-state index contributed by atoms with van der Waals surface area (Å²) in [4.78, 5) is 0. The number of nitrogens with one attached hydrogen (secondary N) is 1. The van der Waals surface area contributed by atoms with Gasteiger partial charge in [0.2, 0.25) is 0 Å². The lowest BCUT2D eigenvalue weighted by atomic mass is 10.1. The summed E-state index contributed by atoms with van der Waals surface area (Å²) in [5.74, 6) is 0. The van der Waals surface area contributed by atoms with Gasteiger partial charge in [0.15, 0.2) is 0 Å². The van der Waals surface area contributed by atoms with Crippen LogP contribution in [0.2, 0.25) is 0 Å². The average molecular weight is 310 g/mol. The summed E-state index contributed by atoms with van der Waals surface area (Å²) < 4.78 is 1.90.